The third-order valence-corrected chi connectivity index (χ3v) is 5.05. The summed E-state index contributed by atoms with van der Waals surface area (Å²) in [7, 11) is 0. The van der Waals surface area contributed by atoms with Crippen LogP contribution in [0.2, 0.25) is 0 Å². The summed E-state index contributed by atoms with van der Waals surface area (Å²) < 4.78 is 1.76. The second-order valence-electron chi connectivity index (χ2n) is 7.42. The van der Waals surface area contributed by atoms with Crippen LogP contribution >= 0.6 is 0 Å². The molecule has 0 radical (unpaired) electrons. The standard InChI is InChI=1S/C27H22N4O/c1-20-12-14-22(15-13-20)26-24(19-31(30-26)25-10-6-3-7-11-25)16-23(17-28)27(32)29-18-21-8-4-2-5-9-21/h2-16,19H,18H2,1H3,(H,29,32)/b23-16+. The predicted octanol–water partition coefficient (Wildman–Crippen LogP) is 5.07. The summed E-state index contributed by atoms with van der Waals surface area (Å²) in [5, 5.41) is 17.2. The van der Waals surface area contributed by atoms with Gasteiger partial charge in [-0.15, -0.1) is 0 Å². The highest BCUT2D eigenvalue weighted by molar-refractivity contribution is 6.02. The maximum atomic E-state index is 12.7. The molecule has 1 N–H and O–H groups in total. The first-order valence-electron chi connectivity index (χ1n) is 10.3. The van der Waals surface area contributed by atoms with E-state index in [1.54, 1.807) is 10.8 Å². The van der Waals surface area contributed by atoms with Crippen LogP contribution in [0.4, 0.5) is 0 Å². The minimum absolute atomic E-state index is 0.0295. The van der Waals surface area contributed by atoms with Gasteiger partial charge in [-0.25, -0.2) is 4.68 Å². The van der Waals surface area contributed by atoms with E-state index in [2.05, 4.69) is 5.32 Å². The summed E-state index contributed by atoms with van der Waals surface area (Å²) >= 11 is 0. The third kappa shape index (κ3) is 4.82. The largest absolute Gasteiger partial charge is 0.347 e. The number of hydrogen-bond acceptors (Lipinski definition) is 3. The zero-order valence-electron chi connectivity index (χ0n) is 17.7. The average Bonchev–Trinajstić information content (AvgIpc) is 3.26. The van der Waals surface area contributed by atoms with Crippen LogP contribution in [0.1, 0.15) is 16.7 Å². The summed E-state index contributed by atoms with van der Waals surface area (Å²) in [6.07, 6.45) is 3.44. The van der Waals surface area contributed by atoms with Crippen molar-refractivity contribution < 1.29 is 4.79 Å². The Labute approximate surface area is 187 Å². The van der Waals surface area contributed by atoms with E-state index >= 15 is 0 Å². The average molecular weight is 419 g/mol. The molecule has 1 heterocycles. The molecule has 0 unspecified atom stereocenters. The maximum absolute atomic E-state index is 12.7. The van der Waals surface area contributed by atoms with Crippen molar-refractivity contribution >= 4 is 12.0 Å². The SMILES string of the molecule is Cc1ccc(-c2nn(-c3ccccc3)cc2/C=C(\C#N)C(=O)NCc2ccccc2)cc1. The number of nitriles is 1. The summed E-state index contributed by atoms with van der Waals surface area (Å²) in [5.74, 6) is -0.418. The number of aromatic nitrogens is 2. The number of aryl methyl sites for hydroxylation is 1. The molecule has 3 aromatic carbocycles. The fourth-order valence-corrected chi connectivity index (χ4v) is 3.32. The number of para-hydroxylation sites is 1. The monoisotopic (exact) mass is 418 g/mol. The molecule has 0 atom stereocenters. The first-order chi connectivity index (χ1) is 15.6. The highest BCUT2D eigenvalue weighted by Gasteiger charge is 2.15. The van der Waals surface area contributed by atoms with Crippen LogP contribution in [-0.4, -0.2) is 15.7 Å². The summed E-state index contributed by atoms with van der Waals surface area (Å²) in [5.41, 5.74) is 5.36. The van der Waals surface area contributed by atoms with Crippen molar-refractivity contribution in [2.75, 3.05) is 0 Å². The zero-order valence-corrected chi connectivity index (χ0v) is 17.7. The molecule has 0 aliphatic carbocycles. The number of rotatable bonds is 6. The lowest BCUT2D eigenvalue weighted by Gasteiger charge is -2.04. The third-order valence-electron chi connectivity index (χ3n) is 5.05. The number of hydrogen-bond donors (Lipinski definition) is 1. The number of amides is 1. The van der Waals surface area contributed by atoms with Gasteiger partial charge >= 0.3 is 0 Å². The van der Waals surface area contributed by atoms with Gasteiger partial charge in [0.15, 0.2) is 0 Å². The lowest BCUT2D eigenvalue weighted by Crippen LogP contribution is -2.23. The topological polar surface area (TPSA) is 70.7 Å². The van der Waals surface area contributed by atoms with Gasteiger partial charge in [0.1, 0.15) is 11.6 Å². The van der Waals surface area contributed by atoms with E-state index in [9.17, 15) is 10.1 Å². The molecule has 5 nitrogen and oxygen atoms in total. The second kappa shape index (κ2) is 9.59. The molecular formula is C27H22N4O. The molecule has 1 amide bonds. The molecule has 156 valence electrons. The predicted molar refractivity (Wildman–Crippen MR) is 126 cm³/mol. The van der Waals surface area contributed by atoms with E-state index in [0.717, 1.165) is 22.4 Å². The van der Waals surface area contributed by atoms with Crippen molar-refractivity contribution in [2.24, 2.45) is 0 Å². The van der Waals surface area contributed by atoms with Gasteiger partial charge in [0, 0.05) is 23.9 Å². The smallest absolute Gasteiger partial charge is 0.262 e. The first kappa shape index (κ1) is 20.8. The Morgan fingerprint density at radius 1 is 1.00 bits per heavy atom. The van der Waals surface area contributed by atoms with E-state index in [4.69, 9.17) is 5.10 Å². The summed E-state index contributed by atoms with van der Waals surface area (Å²) in [4.78, 5) is 12.7. The normalized spacial score (nSPS) is 11.1. The van der Waals surface area contributed by atoms with Crippen LogP contribution in [0.15, 0.2) is 96.7 Å². The van der Waals surface area contributed by atoms with Crippen LogP contribution in [0.25, 0.3) is 23.0 Å². The molecule has 0 aliphatic heterocycles. The van der Waals surface area contributed by atoms with Crippen molar-refractivity contribution in [3.05, 3.63) is 113 Å². The Morgan fingerprint density at radius 2 is 1.66 bits per heavy atom. The van der Waals surface area contributed by atoms with E-state index in [1.807, 2.05) is 104 Å². The molecular weight excluding hydrogens is 396 g/mol. The van der Waals surface area contributed by atoms with E-state index in [1.165, 1.54) is 0 Å². The van der Waals surface area contributed by atoms with Crippen molar-refractivity contribution in [3.8, 4) is 23.0 Å². The van der Waals surface area contributed by atoms with Gasteiger partial charge in [0.2, 0.25) is 0 Å². The van der Waals surface area contributed by atoms with Gasteiger partial charge in [-0.05, 0) is 30.7 Å². The summed E-state index contributed by atoms with van der Waals surface area (Å²) in [6, 6.07) is 29.4. The zero-order chi connectivity index (χ0) is 22.3. The maximum Gasteiger partial charge on any atom is 0.262 e. The number of carbonyl (C=O) groups is 1. The van der Waals surface area contributed by atoms with Crippen LogP contribution in [0.5, 0.6) is 0 Å². The van der Waals surface area contributed by atoms with Gasteiger partial charge in [-0.2, -0.15) is 10.4 Å². The molecule has 0 saturated carbocycles. The molecule has 0 bridgehead atoms. The summed E-state index contributed by atoms with van der Waals surface area (Å²) in [6.45, 7) is 2.38. The molecule has 4 rings (SSSR count). The lowest BCUT2D eigenvalue weighted by atomic mass is 10.0. The van der Waals surface area contributed by atoms with Crippen molar-refractivity contribution in [3.63, 3.8) is 0 Å². The lowest BCUT2D eigenvalue weighted by molar-refractivity contribution is -0.117. The fourth-order valence-electron chi connectivity index (χ4n) is 3.32. The highest BCUT2D eigenvalue weighted by atomic mass is 16.1. The van der Waals surface area contributed by atoms with Crippen molar-refractivity contribution in [1.82, 2.24) is 15.1 Å². The molecule has 0 fully saturated rings. The first-order valence-corrected chi connectivity index (χ1v) is 10.3. The minimum atomic E-state index is -0.418. The molecule has 0 aliphatic rings. The van der Waals surface area contributed by atoms with Crippen molar-refractivity contribution in [1.29, 1.82) is 5.26 Å². The second-order valence-corrected chi connectivity index (χ2v) is 7.42. The van der Waals surface area contributed by atoms with E-state index in [0.29, 0.717) is 17.8 Å². The van der Waals surface area contributed by atoms with Gasteiger partial charge in [0.05, 0.1) is 11.4 Å². The molecule has 32 heavy (non-hydrogen) atoms. The Morgan fingerprint density at radius 3 is 2.31 bits per heavy atom. The molecule has 1 aromatic heterocycles. The molecule has 5 heteroatoms. The van der Waals surface area contributed by atoms with Gasteiger partial charge in [-0.3, -0.25) is 4.79 Å². The van der Waals surface area contributed by atoms with Crippen LogP contribution in [0.3, 0.4) is 0 Å². The molecule has 4 aromatic rings. The Balaban J connectivity index is 1.69. The van der Waals surface area contributed by atoms with Crippen LogP contribution in [-0.2, 0) is 11.3 Å². The van der Waals surface area contributed by atoms with E-state index < -0.39 is 5.91 Å². The fraction of sp³-hybridized carbons (Fsp3) is 0.0741. The number of nitrogens with one attached hydrogen (secondary N) is 1. The quantitative estimate of drug-likeness (QED) is 0.351. The van der Waals surface area contributed by atoms with Crippen molar-refractivity contribution in [2.45, 2.75) is 13.5 Å². The highest BCUT2D eigenvalue weighted by Crippen LogP contribution is 2.26. The minimum Gasteiger partial charge on any atom is -0.347 e. The number of carbonyl (C=O) groups excluding carboxylic acids is 1. The number of nitrogens with zero attached hydrogens (tertiary/aromatic N) is 3. The van der Waals surface area contributed by atoms with Gasteiger partial charge < -0.3 is 5.32 Å². The Hall–Kier alpha value is -4.43. The van der Waals surface area contributed by atoms with Gasteiger partial charge in [-0.1, -0.05) is 78.4 Å². The molecule has 0 spiro atoms. The van der Waals surface area contributed by atoms with Crippen LogP contribution in [0, 0.1) is 18.3 Å². The van der Waals surface area contributed by atoms with Gasteiger partial charge in [0.25, 0.3) is 5.91 Å². The number of benzene rings is 3. The van der Waals surface area contributed by atoms with Crippen LogP contribution < -0.4 is 5.32 Å². The Kier molecular flexibility index (Phi) is 6.24. The van der Waals surface area contributed by atoms with E-state index in [-0.39, 0.29) is 5.57 Å². The Bertz CT molecular complexity index is 1280. The molecule has 0 saturated heterocycles.